The number of aromatic nitrogens is 2. The van der Waals surface area contributed by atoms with Crippen molar-refractivity contribution in [2.24, 2.45) is 5.73 Å². The highest BCUT2D eigenvalue weighted by atomic mass is 32.2. The maximum Gasteiger partial charge on any atom is 0.174 e. The van der Waals surface area contributed by atoms with E-state index in [1.807, 2.05) is 13.8 Å². The van der Waals surface area contributed by atoms with E-state index < -0.39 is 0 Å². The van der Waals surface area contributed by atoms with Crippen LogP contribution in [-0.2, 0) is 0 Å². The van der Waals surface area contributed by atoms with Crippen LogP contribution in [0.25, 0.3) is 0 Å². The predicted octanol–water partition coefficient (Wildman–Crippen LogP) is 1.29. The summed E-state index contributed by atoms with van der Waals surface area (Å²) >= 11 is 3.28. The monoisotopic (exact) mass is 189 g/mol. The Bertz CT molecular complexity index is 221. The van der Waals surface area contributed by atoms with Crippen molar-refractivity contribution < 1.29 is 0 Å². The molecule has 0 aliphatic rings. The van der Waals surface area contributed by atoms with Crippen LogP contribution in [0, 0.1) is 6.92 Å². The van der Waals surface area contributed by atoms with Gasteiger partial charge < -0.3 is 5.73 Å². The van der Waals surface area contributed by atoms with Crippen molar-refractivity contribution >= 4 is 23.1 Å². The van der Waals surface area contributed by atoms with E-state index in [9.17, 15) is 0 Å². The van der Waals surface area contributed by atoms with Crippen molar-refractivity contribution in [1.29, 1.82) is 0 Å². The van der Waals surface area contributed by atoms with Crippen LogP contribution in [0.3, 0.4) is 0 Å². The van der Waals surface area contributed by atoms with Crippen LogP contribution in [0.15, 0.2) is 4.34 Å². The van der Waals surface area contributed by atoms with Crippen molar-refractivity contribution in [3.63, 3.8) is 0 Å². The molecule has 0 aliphatic heterocycles. The quantitative estimate of drug-likeness (QED) is 0.728. The van der Waals surface area contributed by atoms with Gasteiger partial charge in [0.25, 0.3) is 0 Å². The molecule has 0 radical (unpaired) electrons. The van der Waals surface area contributed by atoms with Gasteiger partial charge in [-0.3, -0.25) is 0 Å². The fraction of sp³-hybridized carbons (Fsp3) is 0.667. The molecule has 0 saturated carbocycles. The fourth-order valence-electron chi connectivity index (χ4n) is 0.539. The predicted molar refractivity (Wildman–Crippen MR) is 49.0 cm³/mol. The third-order valence-corrected chi connectivity index (χ3v) is 3.24. The summed E-state index contributed by atoms with van der Waals surface area (Å²) in [6.45, 7) is 3.94. The van der Waals surface area contributed by atoms with E-state index in [-0.39, 0.29) is 6.04 Å². The molecular weight excluding hydrogens is 178 g/mol. The SMILES string of the molecule is Cc1nnc(SC[C@H](C)N)s1. The molecule has 1 heterocycles. The lowest BCUT2D eigenvalue weighted by molar-refractivity contribution is 0.845. The van der Waals surface area contributed by atoms with Crippen LogP contribution in [0.5, 0.6) is 0 Å². The maximum absolute atomic E-state index is 5.58. The summed E-state index contributed by atoms with van der Waals surface area (Å²) in [7, 11) is 0. The molecule has 0 saturated heterocycles. The van der Waals surface area contributed by atoms with Crippen LogP contribution in [0.2, 0.25) is 0 Å². The molecule has 5 heteroatoms. The lowest BCUT2D eigenvalue weighted by atomic mass is 10.4. The molecule has 1 rings (SSSR count). The smallest absolute Gasteiger partial charge is 0.174 e. The topological polar surface area (TPSA) is 51.8 Å². The Morgan fingerprint density at radius 2 is 2.36 bits per heavy atom. The second-order valence-electron chi connectivity index (χ2n) is 2.38. The zero-order valence-corrected chi connectivity index (χ0v) is 8.21. The minimum Gasteiger partial charge on any atom is -0.327 e. The molecule has 0 bridgehead atoms. The summed E-state index contributed by atoms with van der Waals surface area (Å²) in [5.41, 5.74) is 5.58. The largest absolute Gasteiger partial charge is 0.327 e. The van der Waals surface area contributed by atoms with E-state index in [4.69, 9.17) is 5.73 Å². The Labute approximate surface area is 74.4 Å². The molecule has 0 spiro atoms. The molecule has 0 unspecified atom stereocenters. The number of thioether (sulfide) groups is 1. The molecule has 2 N–H and O–H groups in total. The van der Waals surface area contributed by atoms with Crippen LogP contribution in [0.1, 0.15) is 11.9 Å². The molecule has 1 aromatic rings. The molecule has 0 aromatic carbocycles. The Kier molecular flexibility index (Phi) is 3.29. The number of nitrogens with zero attached hydrogens (tertiary/aromatic N) is 2. The average Bonchev–Trinajstić information content (AvgIpc) is 2.31. The van der Waals surface area contributed by atoms with Crippen molar-refractivity contribution in [3.8, 4) is 0 Å². The van der Waals surface area contributed by atoms with Gasteiger partial charge in [0.1, 0.15) is 5.01 Å². The zero-order valence-electron chi connectivity index (χ0n) is 6.57. The second-order valence-corrected chi connectivity index (χ2v) is 4.82. The molecule has 1 atom stereocenters. The van der Waals surface area contributed by atoms with Gasteiger partial charge in [0, 0.05) is 11.8 Å². The van der Waals surface area contributed by atoms with E-state index in [1.54, 1.807) is 23.1 Å². The molecule has 3 nitrogen and oxygen atoms in total. The van der Waals surface area contributed by atoms with E-state index in [0.29, 0.717) is 0 Å². The first-order chi connectivity index (χ1) is 5.18. The third kappa shape index (κ3) is 3.18. The van der Waals surface area contributed by atoms with Crippen LogP contribution in [-0.4, -0.2) is 22.0 Å². The van der Waals surface area contributed by atoms with E-state index in [2.05, 4.69) is 10.2 Å². The molecule has 0 fully saturated rings. The van der Waals surface area contributed by atoms with Gasteiger partial charge in [-0.05, 0) is 13.8 Å². The zero-order chi connectivity index (χ0) is 8.27. The summed E-state index contributed by atoms with van der Waals surface area (Å²) in [6, 6.07) is 0.226. The first-order valence-corrected chi connectivity index (χ1v) is 5.17. The Morgan fingerprint density at radius 1 is 1.64 bits per heavy atom. The summed E-state index contributed by atoms with van der Waals surface area (Å²) in [6.07, 6.45) is 0. The summed E-state index contributed by atoms with van der Waals surface area (Å²) in [5, 5.41) is 8.88. The van der Waals surface area contributed by atoms with Crippen LogP contribution >= 0.6 is 23.1 Å². The van der Waals surface area contributed by atoms with Gasteiger partial charge >= 0.3 is 0 Å². The molecule has 0 amide bonds. The van der Waals surface area contributed by atoms with Crippen molar-refractivity contribution in [1.82, 2.24) is 10.2 Å². The Balaban J connectivity index is 2.39. The van der Waals surface area contributed by atoms with Gasteiger partial charge in [0.05, 0.1) is 0 Å². The number of hydrogen-bond acceptors (Lipinski definition) is 5. The van der Waals surface area contributed by atoms with Crippen molar-refractivity contribution in [2.45, 2.75) is 24.2 Å². The fourth-order valence-corrected chi connectivity index (χ4v) is 2.26. The van der Waals surface area contributed by atoms with Crippen LogP contribution < -0.4 is 5.73 Å². The van der Waals surface area contributed by atoms with Gasteiger partial charge in [-0.2, -0.15) is 0 Å². The Morgan fingerprint density at radius 3 is 2.82 bits per heavy atom. The maximum atomic E-state index is 5.58. The standard InChI is InChI=1S/C6H11N3S2/c1-4(7)3-10-6-9-8-5(2)11-6/h4H,3,7H2,1-2H3/t4-/m0/s1. The second kappa shape index (κ2) is 4.04. The summed E-state index contributed by atoms with van der Waals surface area (Å²) < 4.78 is 1.01. The summed E-state index contributed by atoms with van der Waals surface area (Å²) in [5.74, 6) is 0.911. The van der Waals surface area contributed by atoms with Gasteiger partial charge in [-0.25, -0.2) is 0 Å². The highest BCUT2D eigenvalue weighted by Gasteiger charge is 2.01. The summed E-state index contributed by atoms with van der Waals surface area (Å²) in [4.78, 5) is 0. The van der Waals surface area contributed by atoms with E-state index >= 15 is 0 Å². The lowest BCUT2D eigenvalue weighted by Gasteiger charge is -1.99. The van der Waals surface area contributed by atoms with E-state index in [1.165, 1.54) is 0 Å². The highest BCUT2D eigenvalue weighted by Crippen LogP contribution is 2.21. The van der Waals surface area contributed by atoms with Gasteiger partial charge in [0.15, 0.2) is 4.34 Å². The molecule has 1 aromatic heterocycles. The first-order valence-electron chi connectivity index (χ1n) is 3.37. The molecular formula is C6H11N3S2. The average molecular weight is 189 g/mol. The Hall–Kier alpha value is -0.130. The normalized spacial score (nSPS) is 13.4. The lowest BCUT2D eigenvalue weighted by Crippen LogP contribution is -2.17. The molecule has 0 aliphatic carbocycles. The number of aryl methyl sites for hydroxylation is 1. The minimum absolute atomic E-state index is 0.226. The van der Waals surface area contributed by atoms with E-state index in [0.717, 1.165) is 15.1 Å². The molecule has 11 heavy (non-hydrogen) atoms. The van der Waals surface area contributed by atoms with Crippen molar-refractivity contribution in [2.75, 3.05) is 5.75 Å². The number of rotatable bonds is 3. The highest BCUT2D eigenvalue weighted by molar-refractivity contribution is 8.01. The van der Waals surface area contributed by atoms with Crippen LogP contribution in [0.4, 0.5) is 0 Å². The van der Waals surface area contributed by atoms with Gasteiger partial charge in [0.2, 0.25) is 0 Å². The molecule has 62 valence electrons. The third-order valence-electron chi connectivity index (χ3n) is 0.977. The number of hydrogen-bond donors (Lipinski definition) is 1. The minimum atomic E-state index is 0.226. The van der Waals surface area contributed by atoms with Gasteiger partial charge in [-0.15, -0.1) is 10.2 Å². The van der Waals surface area contributed by atoms with Crippen molar-refractivity contribution in [3.05, 3.63) is 5.01 Å². The first kappa shape index (κ1) is 8.96. The van der Waals surface area contributed by atoms with Gasteiger partial charge in [-0.1, -0.05) is 23.1 Å². The number of nitrogens with two attached hydrogens (primary N) is 1.